The van der Waals surface area contributed by atoms with Gasteiger partial charge in [-0.2, -0.15) is 0 Å². The second-order valence-electron chi connectivity index (χ2n) is 4.58. The van der Waals surface area contributed by atoms with Crippen molar-refractivity contribution in [3.05, 3.63) is 36.4 Å². The SMILES string of the molecule is COc1cc(S(=O)(=O)[O-])ccc1O.COc1ccc(S(=O)(=O)[O-])cc1O.[K+].[K+]. The van der Waals surface area contributed by atoms with E-state index in [2.05, 4.69) is 9.47 Å². The van der Waals surface area contributed by atoms with Crippen LogP contribution < -0.4 is 112 Å². The Morgan fingerprint density at radius 2 is 1.14 bits per heavy atom. The second kappa shape index (κ2) is 13.2. The van der Waals surface area contributed by atoms with Crippen LogP contribution in [0.2, 0.25) is 0 Å². The molecule has 0 saturated heterocycles. The van der Waals surface area contributed by atoms with Crippen LogP contribution in [0.15, 0.2) is 46.2 Å². The van der Waals surface area contributed by atoms with Gasteiger partial charge in [-0.25, -0.2) is 16.8 Å². The Labute approximate surface area is 247 Å². The zero-order chi connectivity index (χ0) is 20.1. The number of phenolic OH excluding ortho intramolecular Hbond substituents is 2. The van der Waals surface area contributed by atoms with Crippen LogP contribution in [0.25, 0.3) is 0 Å². The monoisotopic (exact) mass is 484 g/mol. The third-order valence-corrected chi connectivity index (χ3v) is 4.54. The summed E-state index contributed by atoms with van der Waals surface area (Å²) in [5.74, 6) is -0.515. The van der Waals surface area contributed by atoms with Gasteiger partial charge in [-0.3, -0.25) is 0 Å². The number of methoxy groups -OCH3 is 2. The van der Waals surface area contributed by atoms with Crippen molar-refractivity contribution in [3.63, 3.8) is 0 Å². The molecule has 0 bridgehead atoms. The molecule has 28 heavy (non-hydrogen) atoms. The van der Waals surface area contributed by atoms with E-state index in [1.54, 1.807) is 0 Å². The van der Waals surface area contributed by atoms with E-state index in [0.717, 1.165) is 30.3 Å². The Morgan fingerprint density at radius 1 is 0.714 bits per heavy atom. The van der Waals surface area contributed by atoms with Crippen LogP contribution in [0.1, 0.15) is 0 Å². The van der Waals surface area contributed by atoms with Crippen LogP contribution in [0.5, 0.6) is 23.0 Å². The summed E-state index contributed by atoms with van der Waals surface area (Å²) in [5, 5.41) is 18.2. The maximum Gasteiger partial charge on any atom is 1.00 e. The topological polar surface area (TPSA) is 173 Å². The van der Waals surface area contributed by atoms with Gasteiger partial charge in [-0.05, 0) is 24.3 Å². The summed E-state index contributed by atoms with van der Waals surface area (Å²) in [6, 6.07) is 6.20. The van der Waals surface area contributed by atoms with Crippen molar-refractivity contribution in [1.82, 2.24) is 0 Å². The summed E-state index contributed by atoms with van der Waals surface area (Å²) in [4.78, 5) is -0.909. The Morgan fingerprint density at radius 3 is 1.54 bits per heavy atom. The van der Waals surface area contributed by atoms with Gasteiger partial charge in [0.2, 0.25) is 0 Å². The number of hydrogen-bond donors (Lipinski definition) is 2. The number of hydrogen-bond acceptors (Lipinski definition) is 10. The Bertz CT molecular complexity index is 991. The summed E-state index contributed by atoms with van der Waals surface area (Å²) in [6.45, 7) is 0. The van der Waals surface area contributed by atoms with E-state index >= 15 is 0 Å². The molecule has 0 radical (unpaired) electrons. The summed E-state index contributed by atoms with van der Waals surface area (Å²) in [6.07, 6.45) is 0. The molecule has 0 atom stereocenters. The van der Waals surface area contributed by atoms with Crippen molar-refractivity contribution < 1.29 is 148 Å². The molecule has 0 aliphatic carbocycles. The minimum atomic E-state index is -4.52. The van der Waals surface area contributed by atoms with Crippen molar-refractivity contribution >= 4 is 20.2 Å². The molecule has 0 aliphatic heterocycles. The number of benzene rings is 2. The predicted molar refractivity (Wildman–Crippen MR) is 85.2 cm³/mol. The van der Waals surface area contributed by atoms with E-state index in [9.17, 15) is 25.9 Å². The summed E-state index contributed by atoms with van der Waals surface area (Å²) in [7, 11) is -6.43. The van der Waals surface area contributed by atoms with Crippen molar-refractivity contribution in [2.75, 3.05) is 14.2 Å². The first-order valence-corrected chi connectivity index (χ1v) is 9.37. The molecule has 2 rings (SSSR count). The van der Waals surface area contributed by atoms with E-state index in [-0.39, 0.29) is 126 Å². The first-order chi connectivity index (χ1) is 11.9. The first kappa shape index (κ1) is 30.9. The minimum Gasteiger partial charge on any atom is -0.744 e. The van der Waals surface area contributed by atoms with Gasteiger partial charge in [0.25, 0.3) is 0 Å². The fraction of sp³-hybridized carbons (Fsp3) is 0.143. The average Bonchev–Trinajstić information content (AvgIpc) is 2.54. The molecule has 2 aromatic carbocycles. The molecule has 0 aliphatic rings. The molecule has 10 nitrogen and oxygen atoms in total. The first-order valence-electron chi connectivity index (χ1n) is 6.56. The van der Waals surface area contributed by atoms with Gasteiger partial charge in [-0.1, -0.05) is 0 Å². The second-order valence-corrected chi connectivity index (χ2v) is 7.33. The minimum absolute atomic E-state index is 0. The van der Waals surface area contributed by atoms with Gasteiger partial charge in [0.15, 0.2) is 23.0 Å². The van der Waals surface area contributed by atoms with Gasteiger partial charge >= 0.3 is 103 Å². The Hall–Kier alpha value is 0.733. The standard InChI is InChI=1S/2C7H8O5S.2K/c1-12-7-3-2-5(4-6(7)8)13(9,10)11;1-12-7-4-5(13(9,10)11)2-3-6(7)8;;/h2*2-4,8H,1H3,(H,9,10,11);;/q;;2*+1/p-2. The van der Waals surface area contributed by atoms with E-state index < -0.39 is 30.0 Å². The molecule has 0 fully saturated rings. The molecule has 0 heterocycles. The van der Waals surface area contributed by atoms with Crippen molar-refractivity contribution in [2.24, 2.45) is 0 Å². The van der Waals surface area contributed by atoms with Gasteiger partial charge in [0, 0.05) is 12.1 Å². The molecule has 0 saturated carbocycles. The average molecular weight is 485 g/mol. The Balaban J connectivity index is 0. The third-order valence-electron chi connectivity index (χ3n) is 2.88. The fourth-order valence-corrected chi connectivity index (χ4v) is 2.62. The van der Waals surface area contributed by atoms with Gasteiger partial charge in [0.05, 0.1) is 24.0 Å². The number of phenols is 2. The van der Waals surface area contributed by atoms with Crippen LogP contribution in [-0.2, 0) is 20.2 Å². The van der Waals surface area contributed by atoms with E-state index in [4.69, 9.17) is 10.2 Å². The third kappa shape index (κ3) is 9.69. The normalized spacial score (nSPS) is 10.4. The number of rotatable bonds is 4. The number of ether oxygens (including phenoxy) is 2. The summed E-state index contributed by atoms with van der Waals surface area (Å²) < 4.78 is 72.3. The molecule has 0 spiro atoms. The Kier molecular flexibility index (Phi) is 14.6. The largest absolute Gasteiger partial charge is 1.00 e. The number of aromatic hydroxyl groups is 2. The van der Waals surface area contributed by atoms with Crippen LogP contribution >= 0.6 is 0 Å². The van der Waals surface area contributed by atoms with Crippen LogP contribution in [0.3, 0.4) is 0 Å². The van der Waals surface area contributed by atoms with Crippen LogP contribution in [-0.4, -0.2) is 50.4 Å². The molecule has 0 aromatic heterocycles. The maximum atomic E-state index is 10.5. The van der Waals surface area contributed by atoms with Gasteiger partial charge in [-0.15, -0.1) is 0 Å². The molecular formula is C14H14K2O10S2. The van der Waals surface area contributed by atoms with Gasteiger partial charge < -0.3 is 28.8 Å². The molecule has 14 heteroatoms. The van der Waals surface area contributed by atoms with Crippen molar-refractivity contribution in [2.45, 2.75) is 9.79 Å². The van der Waals surface area contributed by atoms with Crippen LogP contribution in [0, 0.1) is 0 Å². The molecule has 0 amide bonds. The van der Waals surface area contributed by atoms with Crippen molar-refractivity contribution in [1.29, 1.82) is 0 Å². The van der Waals surface area contributed by atoms with Gasteiger partial charge in [0.1, 0.15) is 20.2 Å². The summed E-state index contributed by atoms with van der Waals surface area (Å²) in [5.41, 5.74) is 0. The molecule has 2 aromatic rings. The van der Waals surface area contributed by atoms with E-state index in [1.165, 1.54) is 20.3 Å². The van der Waals surface area contributed by atoms with Crippen LogP contribution in [0.4, 0.5) is 0 Å². The van der Waals surface area contributed by atoms with E-state index in [1.807, 2.05) is 0 Å². The maximum absolute atomic E-state index is 10.5. The summed E-state index contributed by atoms with van der Waals surface area (Å²) >= 11 is 0. The molecular weight excluding hydrogens is 470 g/mol. The zero-order valence-corrected chi connectivity index (χ0v) is 23.3. The zero-order valence-electron chi connectivity index (χ0n) is 15.4. The smallest absolute Gasteiger partial charge is 0.744 e. The predicted octanol–water partition coefficient (Wildman–Crippen LogP) is -5.38. The molecule has 2 N–H and O–H groups in total. The molecule has 0 unspecified atom stereocenters. The van der Waals surface area contributed by atoms with E-state index in [0.29, 0.717) is 0 Å². The fourth-order valence-electron chi connectivity index (χ4n) is 1.64. The quantitative estimate of drug-likeness (QED) is 0.315. The molecule has 144 valence electrons. The van der Waals surface area contributed by atoms with Crippen molar-refractivity contribution in [3.8, 4) is 23.0 Å².